The lowest BCUT2D eigenvalue weighted by molar-refractivity contribution is 0.772. The van der Waals surface area contributed by atoms with E-state index in [0.717, 1.165) is 15.7 Å². The van der Waals surface area contributed by atoms with Crippen molar-refractivity contribution in [1.82, 2.24) is 9.78 Å². The third kappa shape index (κ3) is 1.83. The van der Waals surface area contributed by atoms with Crippen molar-refractivity contribution in [1.29, 1.82) is 0 Å². The Bertz CT molecular complexity index is 445. The topological polar surface area (TPSA) is 17.8 Å². The predicted octanol–water partition coefficient (Wildman–Crippen LogP) is 3.50. The van der Waals surface area contributed by atoms with E-state index >= 15 is 0 Å². The summed E-state index contributed by atoms with van der Waals surface area (Å²) in [4.78, 5) is 0. The first-order valence-corrected chi connectivity index (χ1v) is 5.29. The Morgan fingerprint density at radius 1 is 1.36 bits per heavy atom. The number of hydrogen-bond donors (Lipinski definition) is 0. The minimum absolute atomic E-state index is 0.639. The highest BCUT2D eigenvalue weighted by Crippen LogP contribution is 2.23. The third-order valence-corrected chi connectivity index (χ3v) is 2.79. The number of rotatable bonds is 1. The fraction of sp³-hybridized carbons (Fsp3) is 0.100. The molecule has 1 heterocycles. The minimum Gasteiger partial charge on any atom is -0.256 e. The first kappa shape index (κ1) is 9.74. The standard InChI is InChI=1S/C10H8BrClN2/c1-14-10(12)6-9(13-14)7-3-2-4-8(11)5-7/h2-6H,1H3. The molecule has 0 radical (unpaired) electrons. The SMILES string of the molecule is Cn1nc(-c2cccc(Br)c2)cc1Cl. The third-order valence-electron chi connectivity index (χ3n) is 1.94. The molecular formula is C10H8BrClN2. The monoisotopic (exact) mass is 270 g/mol. The van der Waals surface area contributed by atoms with Gasteiger partial charge in [-0.25, -0.2) is 0 Å². The van der Waals surface area contributed by atoms with E-state index < -0.39 is 0 Å². The maximum absolute atomic E-state index is 5.91. The lowest BCUT2D eigenvalue weighted by atomic mass is 10.2. The minimum atomic E-state index is 0.639. The summed E-state index contributed by atoms with van der Waals surface area (Å²) in [6, 6.07) is 9.82. The van der Waals surface area contributed by atoms with Crippen molar-refractivity contribution in [2.24, 2.45) is 7.05 Å². The second-order valence-corrected chi connectivity index (χ2v) is 4.29. The second kappa shape index (κ2) is 3.75. The zero-order valence-corrected chi connectivity index (χ0v) is 9.88. The summed E-state index contributed by atoms with van der Waals surface area (Å²) in [5.41, 5.74) is 1.95. The first-order valence-electron chi connectivity index (χ1n) is 4.12. The van der Waals surface area contributed by atoms with Crippen molar-refractivity contribution >= 4 is 27.5 Å². The van der Waals surface area contributed by atoms with Gasteiger partial charge in [-0.05, 0) is 12.1 Å². The Kier molecular flexibility index (Phi) is 2.61. The quantitative estimate of drug-likeness (QED) is 0.776. The van der Waals surface area contributed by atoms with Gasteiger partial charge in [0.15, 0.2) is 0 Å². The smallest absolute Gasteiger partial charge is 0.127 e. The Morgan fingerprint density at radius 2 is 2.14 bits per heavy atom. The zero-order valence-electron chi connectivity index (χ0n) is 7.54. The first-order chi connectivity index (χ1) is 6.66. The highest BCUT2D eigenvalue weighted by atomic mass is 79.9. The van der Waals surface area contributed by atoms with Crippen LogP contribution in [0, 0.1) is 0 Å². The van der Waals surface area contributed by atoms with Gasteiger partial charge in [0.1, 0.15) is 5.15 Å². The summed E-state index contributed by atoms with van der Waals surface area (Å²) in [5.74, 6) is 0. The zero-order chi connectivity index (χ0) is 10.1. The van der Waals surface area contributed by atoms with Gasteiger partial charge in [-0.15, -0.1) is 0 Å². The van der Waals surface area contributed by atoms with Gasteiger partial charge >= 0.3 is 0 Å². The average molecular weight is 272 g/mol. The Morgan fingerprint density at radius 3 is 2.71 bits per heavy atom. The van der Waals surface area contributed by atoms with Crippen LogP contribution in [0.25, 0.3) is 11.3 Å². The van der Waals surface area contributed by atoms with Crippen LogP contribution in [-0.2, 0) is 7.05 Å². The van der Waals surface area contributed by atoms with Gasteiger partial charge in [-0.2, -0.15) is 5.10 Å². The molecule has 14 heavy (non-hydrogen) atoms. The Balaban J connectivity index is 2.49. The van der Waals surface area contributed by atoms with Crippen molar-refractivity contribution < 1.29 is 0 Å². The second-order valence-electron chi connectivity index (χ2n) is 2.99. The summed E-state index contributed by atoms with van der Waals surface area (Å²) in [6.45, 7) is 0. The van der Waals surface area contributed by atoms with E-state index in [4.69, 9.17) is 11.6 Å². The lowest BCUT2D eigenvalue weighted by Crippen LogP contribution is -1.89. The van der Waals surface area contributed by atoms with Crippen LogP contribution in [-0.4, -0.2) is 9.78 Å². The lowest BCUT2D eigenvalue weighted by Gasteiger charge is -1.96. The number of halogens is 2. The molecule has 0 aliphatic rings. The fourth-order valence-electron chi connectivity index (χ4n) is 1.23. The van der Waals surface area contributed by atoms with Gasteiger partial charge in [0, 0.05) is 23.2 Å². The van der Waals surface area contributed by atoms with Gasteiger partial charge in [0.2, 0.25) is 0 Å². The van der Waals surface area contributed by atoms with E-state index in [1.165, 1.54) is 0 Å². The molecule has 0 saturated carbocycles. The number of aromatic nitrogens is 2. The van der Waals surface area contributed by atoms with Crippen LogP contribution in [0.3, 0.4) is 0 Å². The van der Waals surface area contributed by atoms with Crippen molar-refractivity contribution in [2.75, 3.05) is 0 Å². The maximum Gasteiger partial charge on any atom is 0.127 e. The molecule has 0 unspecified atom stereocenters. The molecule has 0 saturated heterocycles. The van der Waals surface area contributed by atoms with Gasteiger partial charge < -0.3 is 0 Å². The van der Waals surface area contributed by atoms with Gasteiger partial charge in [-0.3, -0.25) is 4.68 Å². The van der Waals surface area contributed by atoms with Crippen LogP contribution in [0.15, 0.2) is 34.8 Å². The van der Waals surface area contributed by atoms with Gasteiger partial charge in [0.05, 0.1) is 5.69 Å². The van der Waals surface area contributed by atoms with Crippen LogP contribution in [0.4, 0.5) is 0 Å². The molecule has 2 nitrogen and oxygen atoms in total. The van der Waals surface area contributed by atoms with E-state index in [-0.39, 0.29) is 0 Å². The van der Waals surface area contributed by atoms with Crippen LogP contribution in [0.5, 0.6) is 0 Å². The molecule has 0 amide bonds. The van der Waals surface area contributed by atoms with E-state index in [1.54, 1.807) is 4.68 Å². The van der Waals surface area contributed by atoms with E-state index in [2.05, 4.69) is 21.0 Å². The van der Waals surface area contributed by atoms with Crippen molar-refractivity contribution in [3.63, 3.8) is 0 Å². The molecular weight excluding hydrogens is 263 g/mol. The summed E-state index contributed by atoms with van der Waals surface area (Å²) in [6.07, 6.45) is 0. The molecule has 2 rings (SSSR count). The van der Waals surface area contributed by atoms with E-state index in [1.807, 2.05) is 37.4 Å². The van der Waals surface area contributed by atoms with Crippen molar-refractivity contribution in [3.05, 3.63) is 40.0 Å². The molecule has 1 aromatic carbocycles. The van der Waals surface area contributed by atoms with Crippen LogP contribution >= 0.6 is 27.5 Å². The Hall–Kier alpha value is -0.800. The number of nitrogens with zero attached hydrogens (tertiary/aromatic N) is 2. The highest BCUT2D eigenvalue weighted by molar-refractivity contribution is 9.10. The largest absolute Gasteiger partial charge is 0.256 e. The summed E-state index contributed by atoms with van der Waals surface area (Å²) in [7, 11) is 1.82. The number of aryl methyl sites for hydroxylation is 1. The summed E-state index contributed by atoms with van der Waals surface area (Å²) >= 11 is 9.32. The molecule has 0 atom stereocenters. The average Bonchev–Trinajstić information content (AvgIpc) is 2.47. The van der Waals surface area contributed by atoms with Crippen molar-refractivity contribution in [2.45, 2.75) is 0 Å². The molecule has 2 aromatic rings. The Labute approximate surface area is 95.6 Å². The number of benzene rings is 1. The molecule has 0 spiro atoms. The molecule has 0 aliphatic heterocycles. The molecule has 1 aromatic heterocycles. The predicted molar refractivity (Wildman–Crippen MR) is 61.4 cm³/mol. The molecule has 0 N–H and O–H groups in total. The van der Waals surface area contributed by atoms with Gasteiger partial charge in [0.25, 0.3) is 0 Å². The molecule has 72 valence electrons. The van der Waals surface area contributed by atoms with Crippen LogP contribution in [0.2, 0.25) is 5.15 Å². The normalized spacial score (nSPS) is 10.5. The van der Waals surface area contributed by atoms with Gasteiger partial charge in [-0.1, -0.05) is 39.7 Å². The molecule has 0 fully saturated rings. The highest BCUT2D eigenvalue weighted by Gasteiger charge is 2.04. The molecule has 0 bridgehead atoms. The summed E-state index contributed by atoms with van der Waals surface area (Å²) in [5, 5.41) is 4.92. The maximum atomic E-state index is 5.91. The molecule has 4 heteroatoms. The van der Waals surface area contributed by atoms with E-state index in [9.17, 15) is 0 Å². The summed E-state index contributed by atoms with van der Waals surface area (Å²) < 4.78 is 2.69. The molecule has 0 aliphatic carbocycles. The fourth-order valence-corrected chi connectivity index (χ4v) is 1.77. The number of hydrogen-bond acceptors (Lipinski definition) is 1. The van der Waals surface area contributed by atoms with Crippen LogP contribution in [0.1, 0.15) is 0 Å². The van der Waals surface area contributed by atoms with E-state index in [0.29, 0.717) is 5.15 Å². The van der Waals surface area contributed by atoms with Crippen LogP contribution < -0.4 is 0 Å². The van der Waals surface area contributed by atoms with Crippen molar-refractivity contribution in [3.8, 4) is 11.3 Å².